The maximum atomic E-state index is 12.9. The molecule has 0 bridgehead atoms. The Morgan fingerprint density at radius 1 is 0.557 bits per heavy atom. The van der Waals surface area contributed by atoms with Gasteiger partial charge in [0, 0.05) is 13.0 Å². The fourth-order valence-corrected chi connectivity index (χ4v) is 7.04. The molecular formula is C47H82O14. The zero-order valence-corrected chi connectivity index (χ0v) is 37.1. The van der Waals surface area contributed by atoms with E-state index >= 15 is 0 Å². The molecule has 2 heterocycles. The van der Waals surface area contributed by atoms with E-state index in [1.807, 2.05) is 0 Å². The third-order valence-electron chi connectivity index (χ3n) is 10.9. The molecular weight excluding hydrogens is 789 g/mol. The average molecular weight is 871 g/mol. The van der Waals surface area contributed by atoms with Gasteiger partial charge in [-0.25, -0.2) is 0 Å². The molecule has 0 amide bonds. The van der Waals surface area contributed by atoms with Gasteiger partial charge >= 0.3 is 5.97 Å². The zero-order chi connectivity index (χ0) is 44.5. The van der Waals surface area contributed by atoms with Crippen molar-refractivity contribution in [3.63, 3.8) is 0 Å². The Labute approximate surface area is 365 Å². The van der Waals surface area contributed by atoms with E-state index in [9.17, 15) is 40.5 Å². The maximum Gasteiger partial charge on any atom is 0.306 e. The van der Waals surface area contributed by atoms with Crippen LogP contribution in [0.3, 0.4) is 0 Å². The first-order chi connectivity index (χ1) is 29.6. The lowest BCUT2D eigenvalue weighted by atomic mass is 9.98. The summed E-state index contributed by atoms with van der Waals surface area (Å²) in [4.78, 5) is 12.9. The van der Waals surface area contributed by atoms with Crippen molar-refractivity contribution in [2.45, 2.75) is 210 Å². The molecule has 354 valence electrons. The second-order valence-corrected chi connectivity index (χ2v) is 16.2. The number of carbonyl (C=O) groups is 1. The number of carbonyl (C=O) groups excluding carboxylic acids is 1. The van der Waals surface area contributed by atoms with Gasteiger partial charge in [-0.1, -0.05) is 133 Å². The predicted molar refractivity (Wildman–Crippen MR) is 233 cm³/mol. The molecule has 61 heavy (non-hydrogen) atoms. The predicted octanol–water partition coefficient (Wildman–Crippen LogP) is 5.62. The summed E-state index contributed by atoms with van der Waals surface area (Å²) < 4.78 is 34.1. The molecule has 0 saturated carbocycles. The largest absolute Gasteiger partial charge is 0.457 e. The molecule has 0 aliphatic carbocycles. The minimum absolute atomic E-state index is 0.0450. The molecule has 2 aliphatic heterocycles. The second kappa shape index (κ2) is 35.3. The van der Waals surface area contributed by atoms with E-state index in [1.54, 1.807) is 0 Å². The fourth-order valence-electron chi connectivity index (χ4n) is 7.04. The SMILES string of the molecule is CC/C=C\C/C=C\C/C=C\C/C=C\CCCCC(=O)OC(COCCCCCCCCCCCCCC)COC1OC(COC2OC(CO)C(O)C(O)C2O)C(O)C(O)C1O. The summed E-state index contributed by atoms with van der Waals surface area (Å²) in [5.41, 5.74) is 0. The lowest BCUT2D eigenvalue weighted by molar-refractivity contribution is -0.332. The van der Waals surface area contributed by atoms with E-state index < -0.39 is 86.7 Å². The number of aliphatic hydroxyl groups is 7. The molecule has 7 N–H and O–H groups in total. The normalized spacial score (nSPS) is 27.9. The van der Waals surface area contributed by atoms with E-state index in [2.05, 4.69) is 62.5 Å². The first-order valence-electron chi connectivity index (χ1n) is 23.2. The first kappa shape index (κ1) is 55.1. The molecule has 0 spiro atoms. The number of allylic oxidation sites excluding steroid dienone is 8. The Morgan fingerprint density at radius 2 is 1.07 bits per heavy atom. The van der Waals surface area contributed by atoms with E-state index in [4.69, 9.17) is 28.4 Å². The molecule has 14 heteroatoms. The Bertz CT molecular complexity index is 1190. The molecule has 2 fully saturated rings. The molecule has 14 nitrogen and oxygen atoms in total. The van der Waals surface area contributed by atoms with Gasteiger partial charge < -0.3 is 64.2 Å². The van der Waals surface area contributed by atoms with Crippen LogP contribution >= 0.6 is 0 Å². The summed E-state index contributed by atoms with van der Waals surface area (Å²) >= 11 is 0. The average Bonchev–Trinajstić information content (AvgIpc) is 3.25. The topological polar surface area (TPSA) is 214 Å². The quantitative estimate of drug-likeness (QED) is 0.0234. The van der Waals surface area contributed by atoms with Crippen LogP contribution in [0.15, 0.2) is 48.6 Å². The zero-order valence-electron chi connectivity index (χ0n) is 37.1. The molecule has 2 aliphatic rings. The highest BCUT2D eigenvalue weighted by Gasteiger charge is 2.47. The third-order valence-corrected chi connectivity index (χ3v) is 10.9. The molecule has 0 aromatic rings. The minimum atomic E-state index is -1.71. The summed E-state index contributed by atoms with van der Waals surface area (Å²) in [6, 6.07) is 0. The summed E-state index contributed by atoms with van der Waals surface area (Å²) in [6.07, 6.45) is 21.8. The van der Waals surface area contributed by atoms with Crippen molar-refractivity contribution in [3.05, 3.63) is 48.6 Å². The van der Waals surface area contributed by atoms with E-state index in [-0.39, 0.29) is 19.6 Å². The van der Waals surface area contributed by atoms with Gasteiger partial charge in [-0.15, -0.1) is 0 Å². The van der Waals surface area contributed by atoms with Crippen molar-refractivity contribution in [3.8, 4) is 0 Å². The Kier molecular flexibility index (Phi) is 31.9. The lowest BCUT2D eigenvalue weighted by Crippen LogP contribution is -2.61. The van der Waals surface area contributed by atoms with Gasteiger partial charge in [0.15, 0.2) is 12.6 Å². The second-order valence-electron chi connectivity index (χ2n) is 16.2. The molecule has 0 aromatic carbocycles. The highest BCUT2D eigenvalue weighted by Crippen LogP contribution is 2.26. The smallest absolute Gasteiger partial charge is 0.306 e. The van der Waals surface area contributed by atoms with Gasteiger partial charge in [0.1, 0.15) is 54.9 Å². The van der Waals surface area contributed by atoms with E-state index in [0.29, 0.717) is 13.0 Å². The van der Waals surface area contributed by atoms with Gasteiger partial charge in [0.25, 0.3) is 0 Å². The maximum absolute atomic E-state index is 12.9. The van der Waals surface area contributed by atoms with Crippen LogP contribution in [0.1, 0.15) is 142 Å². The number of rotatable bonds is 35. The van der Waals surface area contributed by atoms with Gasteiger partial charge in [0.2, 0.25) is 0 Å². The Balaban J connectivity index is 1.83. The van der Waals surface area contributed by atoms with Crippen LogP contribution in [0.5, 0.6) is 0 Å². The molecule has 2 saturated heterocycles. The Morgan fingerprint density at radius 3 is 1.64 bits per heavy atom. The van der Waals surface area contributed by atoms with E-state index in [1.165, 1.54) is 57.8 Å². The van der Waals surface area contributed by atoms with Crippen molar-refractivity contribution in [2.24, 2.45) is 0 Å². The number of aliphatic hydroxyl groups excluding tert-OH is 7. The van der Waals surface area contributed by atoms with Crippen molar-refractivity contribution >= 4 is 5.97 Å². The number of hydrogen-bond donors (Lipinski definition) is 7. The van der Waals surface area contributed by atoms with Crippen molar-refractivity contribution < 1.29 is 69.0 Å². The molecule has 11 atom stereocenters. The van der Waals surface area contributed by atoms with Crippen LogP contribution in [-0.2, 0) is 33.2 Å². The lowest BCUT2D eigenvalue weighted by Gasteiger charge is -2.42. The van der Waals surface area contributed by atoms with Crippen molar-refractivity contribution in [1.29, 1.82) is 0 Å². The highest BCUT2D eigenvalue weighted by atomic mass is 16.7. The summed E-state index contributed by atoms with van der Waals surface area (Å²) in [5.74, 6) is -0.418. The van der Waals surface area contributed by atoms with Gasteiger partial charge in [-0.2, -0.15) is 0 Å². The number of unbranched alkanes of at least 4 members (excludes halogenated alkanes) is 13. The standard InChI is InChI=1S/C47H82O14/c1-3-5-7-9-11-13-15-17-18-19-20-22-24-26-28-30-39(49)59-36(33-56-31-29-27-25-23-21-16-14-12-10-8-6-4-2)34-57-46-45(55)43(53)41(51)38(61-46)35-58-47-44(54)42(52)40(50)37(32-48)60-47/h5,7,11,13,17-18,20,22,36-38,40-48,50-55H,3-4,6,8-10,12,14-16,19,21,23-35H2,1-2H3/b7-5-,13-11-,18-17-,22-20-. The monoisotopic (exact) mass is 871 g/mol. The van der Waals surface area contributed by atoms with Crippen LogP contribution in [0.2, 0.25) is 0 Å². The molecule has 0 radical (unpaired) electrons. The summed E-state index contributed by atoms with van der Waals surface area (Å²) in [5, 5.41) is 71.9. The van der Waals surface area contributed by atoms with Gasteiger partial charge in [-0.3, -0.25) is 4.79 Å². The third kappa shape index (κ3) is 24.0. The van der Waals surface area contributed by atoms with Gasteiger partial charge in [0.05, 0.1) is 26.4 Å². The molecule has 2 rings (SSSR count). The number of ether oxygens (including phenoxy) is 6. The minimum Gasteiger partial charge on any atom is -0.457 e. The van der Waals surface area contributed by atoms with Crippen molar-refractivity contribution in [2.75, 3.05) is 33.0 Å². The fraction of sp³-hybridized carbons (Fsp3) is 0.809. The van der Waals surface area contributed by atoms with Gasteiger partial charge in [-0.05, 0) is 51.4 Å². The highest BCUT2D eigenvalue weighted by molar-refractivity contribution is 5.69. The van der Waals surface area contributed by atoms with Crippen molar-refractivity contribution in [1.82, 2.24) is 0 Å². The molecule has 11 unspecified atom stereocenters. The van der Waals surface area contributed by atoms with Crippen LogP contribution in [0.4, 0.5) is 0 Å². The van der Waals surface area contributed by atoms with Crippen LogP contribution in [0.25, 0.3) is 0 Å². The number of hydrogen-bond acceptors (Lipinski definition) is 14. The summed E-state index contributed by atoms with van der Waals surface area (Å²) in [7, 11) is 0. The Hall–Kier alpha value is -2.05. The van der Waals surface area contributed by atoms with Crippen LogP contribution in [-0.4, -0.2) is 142 Å². The first-order valence-corrected chi connectivity index (χ1v) is 23.2. The van der Waals surface area contributed by atoms with Crippen LogP contribution in [0, 0.1) is 0 Å². The van der Waals surface area contributed by atoms with E-state index in [0.717, 1.165) is 57.8 Å². The van der Waals surface area contributed by atoms with Crippen LogP contribution < -0.4 is 0 Å². The summed E-state index contributed by atoms with van der Waals surface area (Å²) in [6.45, 7) is 3.49. The number of esters is 1. The molecule has 0 aromatic heterocycles.